The molecule has 0 fully saturated rings. The molecule has 7 nitrogen and oxygen atoms in total. The highest BCUT2D eigenvalue weighted by atomic mass is 16.5. The van der Waals surface area contributed by atoms with E-state index < -0.39 is 17.9 Å². The minimum absolute atomic E-state index is 0.251. The molecule has 0 aromatic heterocycles. The first-order valence-electron chi connectivity index (χ1n) is 10.8. The van der Waals surface area contributed by atoms with Gasteiger partial charge in [0.25, 0.3) is 17.7 Å². The summed E-state index contributed by atoms with van der Waals surface area (Å²) in [5.74, 6) is -0.369. The quantitative estimate of drug-likeness (QED) is 0.516. The summed E-state index contributed by atoms with van der Waals surface area (Å²) in [6.07, 6.45) is -0.124. The van der Waals surface area contributed by atoms with Crippen LogP contribution in [0.1, 0.15) is 45.2 Å². The molecule has 1 unspecified atom stereocenters. The molecule has 2 N–H and O–H groups in total. The van der Waals surface area contributed by atoms with Gasteiger partial charge in [-0.15, -0.1) is 0 Å². The summed E-state index contributed by atoms with van der Waals surface area (Å²) in [6, 6.07) is 19.3. The lowest BCUT2D eigenvalue weighted by Gasteiger charge is -2.19. The first kappa shape index (κ1) is 22.1. The fraction of sp³-hybridized carbons (Fsp3) is 0.192. The van der Waals surface area contributed by atoms with Gasteiger partial charge in [0.05, 0.1) is 16.8 Å². The number of anilines is 2. The van der Waals surface area contributed by atoms with Crippen LogP contribution in [0.3, 0.4) is 0 Å². The summed E-state index contributed by atoms with van der Waals surface area (Å²) in [4.78, 5) is 37.7. The van der Waals surface area contributed by atoms with Crippen molar-refractivity contribution in [1.29, 1.82) is 0 Å². The second kappa shape index (κ2) is 9.16. The zero-order valence-electron chi connectivity index (χ0n) is 18.7. The van der Waals surface area contributed by atoms with E-state index in [2.05, 4.69) is 10.7 Å². The number of hydrogen-bond acceptors (Lipinski definition) is 5. The van der Waals surface area contributed by atoms with E-state index in [4.69, 9.17) is 4.74 Å². The van der Waals surface area contributed by atoms with Gasteiger partial charge in [-0.2, -0.15) is 5.01 Å². The van der Waals surface area contributed by atoms with Crippen LogP contribution >= 0.6 is 0 Å². The van der Waals surface area contributed by atoms with Crippen molar-refractivity contribution in [2.45, 2.75) is 33.3 Å². The van der Waals surface area contributed by atoms with Crippen molar-refractivity contribution in [3.63, 3.8) is 0 Å². The maximum absolute atomic E-state index is 12.8. The Bertz CT molecular complexity index is 1190. The minimum atomic E-state index is -0.637. The normalized spacial score (nSPS) is 13.5. The molecular formula is C26H25N3O4. The molecule has 3 aromatic rings. The summed E-state index contributed by atoms with van der Waals surface area (Å²) in [5.41, 5.74) is 6.81. The van der Waals surface area contributed by atoms with E-state index in [0.29, 0.717) is 34.7 Å². The van der Waals surface area contributed by atoms with E-state index in [-0.39, 0.29) is 5.91 Å². The number of fused-ring (bicyclic) bond motifs is 1. The van der Waals surface area contributed by atoms with Gasteiger partial charge < -0.3 is 10.1 Å². The molecule has 1 atom stereocenters. The molecule has 4 rings (SSSR count). The standard InChI is InChI=1S/C26H25N3O4/c1-4-22(33-23-14-9-16(2)15-17(23)3)24(30)27-18-10-12-19(13-11-18)28-29-25(31)20-7-5-6-8-21(20)26(29)32/h5-15,22,28H,4H2,1-3H3,(H,27,30). The third-order valence-corrected chi connectivity index (χ3v) is 5.45. The van der Waals surface area contributed by atoms with E-state index in [1.54, 1.807) is 48.5 Å². The third kappa shape index (κ3) is 4.57. The second-order valence-electron chi connectivity index (χ2n) is 7.95. The third-order valence-electron chi connectivity index (χ3n) is 5.45. The smallest absolute Gasteiger partial charge is 0.280 e. The maximum Gasteiger partial charge on any atom is 0.280 e. The van der Waals surface area contributed by atoms with Gasteiger partial charge >= 0.3 is 0 Å². The molecule has 1 heterocycles. The van der Waals surface area contributed by atoms with Gasteiger partial charge in [0.15, 0.2) is 6.10 Å². The van der Waals surface area contributed by atoms with Crippen molar-refractivity contribution < 1.29 is 19.1 Å². The van der Waals surface area contributed by atoms with Crippen LogP contribution in [0.2, 0.25) is 0 Å². The van der Waals surface area contributed by atoms with Crippen LogP contribution < -0.4 is 15.5 Å². The van der Waals surface area contributed by atoms with Crippen LogP contribution in [0.5, 0.6) is 5.75 Å². The predicted molar refractivity (Wildman–Crippen MR) is 126 cm³/mol. The Hall–Kier alpha value is -4.13. The summed E-state index contributed by atoms with van der Waals surface area (Å²) in [7, 11) is 0. The lowest BCUT2D eigenvalue weighted by molar-refractivity contribution is -0.122. The summed E-state index contributed by atoms with van der Waals surface area (Å²) < 4.78 is 5.94. The van der Waals surface area contributed by atoms with Gasteiger partial charge in [-0.3, -0.25) is 19.8 Å². The fourth-order valence-electron chi connectivity index (χ4n) is 3.68. The van der Waals surface area contributed by atoms with Gasteiger partial charge in [-0.05, 0) is 68.3 Å². The van der Waals surface area contributed by atoms with Gasteiger partial charge in [0, 0.05) is 5.69 Å². The van der Waals surface area contributed by atoms with Crippen LogP contribution in [-0.2, 0) is 4.79 Å². The Morgan fingerprint density at radius 1 is 0.909 bits per heavy atom. The number of hydrazine groups is 1. The van der Waals surface area contributed by atoms with E-state index in [1.807, 2.05) is 39.0 Å². The fourth-order valence-corrected chi connectivity index (χ4v) is 3.68. The lowest BCUT2D eigenvalue weighted by Crippen LogP contribution is -2.35. The van der Waals surface area contributed by atoms with Crippen LogP contribution in [0.15, 0.2) is 66.7 Å². The van der Waals surface area contributed by atoms with Crippen molar-refractivity contribution in [3.8, 4) is 5.75 Å². The van der Waals surface area contributed by atoms with Crippen LogP contribution in [-0.4, -0.2) is 28.8 Å². The Balaban J connectivity index is 1.39. The molecule has 7 heteroatoms. The molecule has 33 heavy (non-hydrogen) atoms. The van der Waals surface area contributed by atoms with Crippen molar-refractivity contribution >= 4 is 29.1 Å². The highest BCUT2D eigenvalue weighted by Gasteiger charge is 2.35. The predicted octanol–water partition coefficient (Wildman–Crippen LogP) is 4.72. The van der Waals surface area contributed by atoms with E-state index in [1.165, 1.54) is 0 Å². The second-order valence-corrected chi connectivity index (χ2v) is 7.95. The van der Waals surface area contributed by atoms with Crippen molar-refractivity contribution in [3.05, 3.63) is 89.0 Å². The highest BCUT2D eigenvalue weighted by Crippen LogP contribution is 2.25. The number of nitrogens with one attached hydrogen (secondary N) is 2. The number of hydrogen-bond donors (Lipinski definition) is 2. The first-order valence-corrected chi connectivity index (χ1v) is 10.8. The number of aryl methyl sites for hydroxylation is 2. The number of carbonyl (C=O) groups excluding carboxylic acids is 3. The zero-order chi connectivity index (χ0) is 23.5. The Morgan fingerprint density at radius 2 is 1.52 bits per heavy atom. The van der Waals surface area contributed by atoms with Crippen LogP contribution in [0, 0.1) is 13.8 Å². The lowest BCUT2D eigenvalue weighted by atomic mass is 10.1. The summed E-state index contributed by atoms with van der Waals surface area (Å²) in [6.45, 7) is 5.85. The number of benzene rings is 3. The number of rotatable bonds is 7. The van der Waals surface area contributed by atoms with Crippen LogP contribution in [0.4, 0.5) is 11.4 Å². The minimum Gasteiger partial charge on any atom is -0.480 e. The topological polar surface area (TPSA) is 87.7 Å². The van der Waals surface area contributed by atoms with E-state index >= 15 is 0 Å². The van der Waals surface area contributed by atoms with Gasteiger partial charge in [-0.1, -0.05) is 36.8 Å². The molecule has 0 saturated carbocycles. The molecule has 1 aliphatic rings. The molecule has 0 radical (unpaired) electrons. The Morgan fingerprint density at radius 3 is 2.09 bits per heavy atom. The average Bonchev–Trinajstić information content (AvgIpc) is 3.05. The zero-order valence-corrected chi connectivity index (χ0v) is 18.7. The van der Waals surface area contributed by atoms with Crippen molar-refractivity contribution in [2.24, 2.45) is 0 Å². The van der Waals surface area contributed by atoms with Gasteiger partial charge in [-0.25, -0.2) is 0 Å². The van der Waals surface area contributed by atoms with E-state index in [0.717, 1.165) is 16.1 Å². The Labute approximate surface area is 192 Å². The summed E-state index contributed by atoms with van der Waals surface area (Å²) in [5, 5.41) is 3.85. The average molecular weight is 444 g/mol. The van der Waals surface area contributed by atoms with Gasteiger partial charge in [0.1, 0.15) is 5.75 Å². The molecule has 1 aliphatic heterocycles. The number of imide groups is 1. The molecule has 3 aromatic carbocycles. The molecule has 3 amide bonds. The maximum atomic E-state index is 12.8. The monoisotopic (exact) mass is 443 g/mol. The largest absolute Gasteiger partial charge is 0.480 e. The molecule has 0 saturated heterocycles. The Kier molecular flexibility index (Phi) is 6.13. The van der Waals surface area contributed by atoms with Crippen molar-refractivity contribution in [1.82, 2.24) is 5.01 Å². The summed E-state index contributed by atoms with van der Waals surface area (Å²) >= 11 is 0. The molecular weight excluding hydrogens is 418 g/mol. The van der Waals surface area contributed by atoms with E-state index in [9.17, 15) is 14.4 Å². The van der Waals surface area contributed by atoms with Crippen molar-refractivity contribution in [2.75, 3.05) is 10.7 Å². The molecule has 0 aliphatic carbocycles. The number of ether oxygens (including phenoxy) is 1. The van der Waals surface area contributed by atoms with Gasteiger partial charge in [0.2, 0.25) is 0 Å². The SMILES string of the molecule is CCC(Oc1ccc(C)cc1C)C(=O)Nc1ccc(NN2C(=O)c3ccccc3C2=O)cc1. The van der Waals surface area contributed by atoms with Crippen LogP contribution in [0.25, 0.3) is 0 Å². The highest BCUT2D eigenvalue weighted by molar-refractivity contribution is 6.21. The number of amides is 3. The number of nitrogens with zero attached hydrogens (tertiary/aromatic N) is 1. The number of carbonyl (C=O) groups is 3. The molecule has 168 valence electrons. The first-order chi connectivity index (χ1) is 15.9. The molecule has 0 spiro atoms. The molecule has 0 bridgehead atoms.